The molecule has 0 aliphatic carbocycles. The Hall–Kier alpha value is -3.37. The molecule has 1 saturated heterocycles. The quantitative estimate of drug-likeness (QED) is 0.379. The lowest BCUT2D eigenvalue weighted by molar-refractivity contribution is -0.153. The highest BCUT2D eigenvalue weighted by atomic mass is 19.2. The molecule has 0 bridgehead atoms. The first kappa shape index (κ1) is 24.3. The van der Waals surface area contributed by atoms with E-state index in [0.29, 0.717) is 39.7 Å². The van der Waals surface area contributed by atoms with E-state index >= 15 is 4.39 Å². The second kappa shape index (κ2) is 8.94. The number of aromatic amines is 1. The van der Waals surface area contributed by atoms with Crippen LogP contribution in [0.1, 0.15) is 43.9 Å². The first-order valence-corrected chi connectivity index (χ1v) is 11.6. The lowest BCUT2D eigenvalue weighted by Crippen LogP contribution is -2.33. The van der Waals surface area contributed by atoms with Gasteiger partial charge in [-0.3, -0.25) is 5.10 Å². The number of carboxylic acid groups (broad SMARTS) is 1. The van der Waals surface area contributed by atoms with Crippen LogP contribution in [0.5, 0.6) is 0 Å². The van der Waals surface area contributed by atoms with Crippen molar-refractivity contribution in [2.24, 2.45) is 0 Å². The van der Waals surface area contributed by atoms with Crippen molar-refractivity contribution >= 4 is 27.8 Å². The number of hydrogen-bond donors (Lipinski definition) is 2. The average Bonchev–Trinajstić information content (AvgIpc) is 3.45. The summed E-state index contributed by atoms with van der Waals surface area (Å²) in [6.07, 6.45) is 1.28. The summed E-state index contributed by atoms with van der Waals surface area (Å²) in [5.74, 6) is -3.91. The minimum Gasteiger partial charge on any atom is -0.479 e. The van der Waals surface area contributed by atoms with Gasteiger partial charge in [-0.1, -0.05) is 13.8 Å². The fourth-order valence-corrected chi connectivity index (χ4v) is 5.39. The van der Waals surface area contributed by atoms with E-state index in [1.165, 1.54) is 12.3 Å². The van der Waals surface area contributed by atoms with Crippen LogP contribution in [0.25, 0.3) is 27.5 Å². The lowest BCUT2D eigenvalue weighted by Gasteiger charge is -2.32. The number of halogens is 3. The number of aromatic nitrogens is 3. The van der Waals surface area contributed by atoms with Gasteiger partial charge in [0.2, 0.25) is 0 Å². The van der Waals surface area contributed by atoms with Crippen molar-refractivity contribution in [3.8, 4) is 5.69 Å². The van der Waals surface area contributed by atoms with Crippen LogP contribution in [0.4, 0.5) is 13.2 Å². The molecule has 2 atom stereocenters. The van der Waals surface area contributed by atoms with Crippen molar-refractivity contribution in [1.29, 1.82) is 0 Å². The van der Waals surface area contributed by atoms with Crippen molar-refractivity contribution < 1.29 is 32.5 Å². The molecule has 0 unspecified atom stereocenters. The molecule has 190 valence electrons. The van der Waals surface area contributed by atoms with Gasteiger partial charge >= 0.3 is 5.97 Å². The third kappa shape index (κ3) is 3.84. The lowest BCUT2D eigenvalue weighted by atomic mass is 9.80. The molecular weight excluding hydrogens is 475 g/mol. The molecule has 10 heteroatoms. The maximum atomic E-state index is 16.2. The number of rotatable bonds is 6. The van der Waals surface area contributed by atoms with E-state index in [9.17, 15) is 18.7 Å². The Balaban J connectivity index is 1.87. The fraction of sp³-hybridized carbons (Fsp3) is 0.385. The molecule has 7 nitrogen and oxygen atoms in total. The van der Waals surface area contributed by atoms with Crippen LogP contribution in [0.15, 0.2) is 30.5 Å². The van der Waals surface area contributed by atoms with E-state index in [2.05, 4.69) is 10.2 Å². The zero-order chi connectivity index (χ0) is 25.8. The van der Waals surface area contributed by atoms with Gasteiger partial charge in [0.05, 0.1) is 24.9 Å². The largest absolute Gasteiger partial charge is 0.479 e. The fourth-order valence-electron chi connectivity index (χ4n) is 5.39. The zero-order valence-corrected chi connectivity index (χ0v) is 20.1. The summed E-state index contributed by atoms with van der Waals surface area (Å²) >= 11 is 0. The van der Waals surface area contributed by atoms with Gasteiger partial charge in [-0.15, -0.1) is 0 Å². The Morgan fingerprint density at radius 1 is 1.25 bits per heavy atom. The van der Waals surface area contributed by atoms with E-state index in [-0.39, 0.29) is 31.1 Å². The second-order valence-electron chi connectivity index (χ2n) is 9.87. The molecule has 1 fully saturated rings. The number of H-pyrrole nitrogens is 1. The number of fused-ring (bicyclic) bond motifs is 2. The van der Waals surface area contributed by atoms with E-state index in [0.717, 1.165) is 12.1 Å². The van der Waals surface area contributed by atoms with Crippen molar-refractivity contribution in [2.45, 2.75) is 44.1 Å². The number of nitrogens with zero attached hydrogens (tertiary/aromatic N) is 2. The molecule has 1 aliphatic heterocycles. The summed E-state index contributed by atoms with van der Waals surface area (Å²) in [6.45, 7) is 4.19. The van der Waals surface area contributed by atoms with Crippen LogP contribution < -0.4 is 0 Å². The number of carbonyl (C=O) groups is 1. The van der Waals surface area contributed by atoms with Crippen LogP contribution in [-0.4, -0.2) is 52.3 Å². The van der Waals surface area contributed by atoms with E-state index in [1.54, 1.807) is 17.7 Å². The number of ether oxygens (including phenoxy) is 2. The smallest absolute Gasteiger partial charge is 0.332 e. The standard InChI is InChI=1S/C26H26F3N3O4/c1-26(2,12-35-3)24-20(13-4-7-19(25(33)34)36-11-13)21-18(8-14-10-30-31-23(14)22(21)29)32(24)15-5-6-16(27)17(28)9-15/h5-6,8-10,13,19H,4,7,11-12H2,1-3H3,(H,30,31)(H,33,34)/t13-,19+/m1/s1. The molecule has 2 N–H and O–H groups in total. The van der Waals surface area contributed by atoms with Crippen LogP contribution >= 0.6 is 0 Å². The van der Waals surface area contributed by atoms with Crippen molar-refractivity contribution in [2.75, 3.05) is 20.3 Å². The molecule has 0 amide bonds. The normalized spacial score (nSPS) is 18.8. The third-order valence-corrected chi connectivity index (χ3v) is 6.91. The van der Waals surface area contributed by atoms with Crippen LogP contribution in [0, 0.1) is 17.5 Å². The van der Waals surface area contributed by atoms with Crippen LogP contribution in [-0.2, 0) is 19.7 Å². The summed E-state index contributed by atoms with van der Waals surface area (Å²) in [6, 6.07) is 5.33. The van der Waals surface area contributed by atoms with E-state index in [4.69, 9.17) is 9.47 Å². The Bertz CT molecular complexity index is 1470. The van der Waals surface area contributed by atoms with Gasteiger partial charge in [0.25, 0.3) is 0 Å². The topological polar surface area (TPSA) is 89.4 Å². The molecule has 36 heavy (non-hydrogen) atoms. The molecule has 0 saturated carbocycles. The molecule has 0 spiro atoms. The van der Waals surface area contributed by atoms with Gasteiger partial charge in [-0.2, -0.15) is 5.10 Å². The highest BCUT2D eigenvalue weighted by Crippen LogP contribution is 2.46. The molecular formula is C26H26F3N3O4. The van der Waals surface area contributed by atoms with E-state index in [1.807, 2.05) is 13.8 Å². The number of hydrogen-bond acceptors (Lipinski definition) is 4. The Morgan fingerprint density at radius 2 is 2.03 bits per heavy atom. The van der Waals surface area contributed by atoms with Crippen molar-refractivity contribution in [3.63, 3.8) is 0 Å². The number of carboxylic acids is 1. The predicted octanol–water partition coefficient (Wildman–Crippen LogP) is 5.20. The van der Waals surface area contributed by atoms with Crippen molar-refractivity contribution in [3.05, 3.63) is 59.2 Å². The SMILES string of the molecule is COCC(C)(C)c1c([C@@H]2CC[C@@H](C(=O)O)OC2)c2c(F)c3[nH]ncc3cc2n1-c1ccc(F)c(F)c1. The first-order chi connectivity index (χ1) is 17.1. The zero-order valence-electron chi connectivity index (χ0n) is 20.1. The highest BCUT2D eigenvalue weighted by molar-refractivity contribution is 6.00. The molecule has 3 heterocycles. The minimum absolute atomic E-state index is 0.0738. The summed E-state index contributed by atoms with van der Waals surface area (Å²) in [4.78, 5) is 11.5. The van der Waals surface area contributed by atoms with Gasteiger partial charge < -0.3 is 19.1 Å². The van der Waals surface area contributed by atoms with E-state index < -0.39 is 34.9 Å². The van der Waals surface area contributed by atoms with Gasteiger partial charge in [0, 0.05) is 46.7 Å². The summed E-state index contributed by atoms with van der Waals surface area (Å²) in [5.41, 5.74) is 1.61. The Kier molecular flexibility index (Phi) is 6.04. The first-order valence-electron chi connectivity index (χ1n) is 11.6. The maximum absolute atomic E-state index is 16.2. The second-order valence-corrected chi connectivity index (χ2v) is 9.87. The molecule has 4 aromatic rings. The summed E-state index contributed by atoms with van der Waals surface area (Å²) < 4.78 is 57.4. The molecule has 1 aliphatic rings. The predicted molar refractivity (Wildman–Crippen MR) is 127 cm³/mol. The maximum Gasteiger partial charge on any atom is 0.332 e. The summed E-state index contributed by atoms with van der Waals surface area (Å²) in [7, 11) is 1.56. The molecule has 2 aromatic carbocycles. The van der Waals surface area contributed by atoms with Crippen LogP contribution in [0.2, 0.25) is 0 Å². The summed E-state index contributed by atoms with van der Waals surface area (Å²) in [5, 5.41) is 16.9. The third-order valence-electron chi connectivity index (χ3n) is 6.91. The number of nitrogens with one attached hydrogen (secondary N) is 1. The number of methoxy groups -OCH3 is 1. The number of benzene rings is 2. The molecule has 5 rings (SSSR count). The highest BCUT2D eigenvalue weighted by Gasteiger charge is 2.38. The van der Waals surface area contributed by atoms with Gasteiger partial charge in [-0.05, 0) is 36.6 Å². The number of aliphatic carboxylic acids is 1. The Labute approximate surface area is 204 Å². The Morgan fingerprint density at radius 3 is 2.67 bits per heavy atom. The monoisotopic (exact) mass is 501 g/mol. The minimum atomic E-state index is -1.04. The van der Waals surface area contributed by atoms with Gasteiger partial charge in [-0.25, -0.2) is 18.0 Å². The van der Waals surface area contributed by atoms with Crippen molar-refractivity contribution in [1.82, 2.24) is 14.8 Å². The van der Waals surface area contributed by atoms with Crippen LogP contribution in [0.3, 0.4) is 0 Å². The van der Waals surface area contributed by atoms with Gasteiger partial charge in [0.15, 0.2) is 23.6 Å². The van der Waals surface area contributed by atoms with Gasteiger partial charge in [0.1, 0.15) is 5.52 Å². The molecule has 2 aromatic heterocycles. The average molecular weight is 502 g/mol. The molecule has 0 radical (unpaired) electrons.